The largest absolute Gasteiger partial charge is 0.394 e. The van der Waals surface area contributed by atoms with Gasteiger partial charge in [-0.15, -0.1) is 0 Å². The van der Waals surface area contributed by atoms with Crippen LogP contribution in [0.3, 0.4) is 0 Å². The molecule has 0 spiro atoms. The van der Waals surface area contributed by atoms with Gasteiger partial charge in [0.25, 0.3) is 0 Å². The molecular formula is C12H22O11. The molecule has 0 aliphatic carbocycles. The van der Waals surface area contributed by atoms with E-state index < -0.39 is 74.6 Å². The molecule has 136 valence electrons. The molecule has 10 atom stereocenters. The third-order valence-electron chi connectivity index (χ3n) is 3.98. The van der Waals surface area contributed by atoms with Gasteiger partial charge in [-0.05, 0) is 0 Å². The Balaban J connectivity index is 2.11. The Morgan fingerprint density at radius 2 is 1.26 bits per heavy atom. The molecule has 0 aromatic rings. The molecule has 0 unspecified atom stereocenters. The summed E-state index contributed by atoms with van der Waals surface area (Å²) in [5.74, 6) is 0. The third-order valence-corrected chi connectivity index (χ3v) is 3.98. The average Bonchev–Trinajstić information content (AvgIpc) is 2.55. The normalized spacial score (nSPS) is 51.7. The molecule has 0 saturated carbocycles. The summed E-state index contributed by atoms with van der Waals surface area (Å²) in [5.41, 5.74) is 0. The topological polar surface area (TPSA) is 190 Å². The van der Waals surface area contributed by atoms with E-state index in [9.17, 15) is 35.7 Å². The van der Waals surface area contributed by atoms with Crippen molar-refractivity contribution in [2.24, 2.45) is 0 Å². The molecule has 2 fully saturated rings. The number of rotatable bonds is 4. The van der Waals surface area contributed by atoms with Gasteiger partial charge >= 0.3 is 0 Å². The van der Waals surface area contributed by atoms with Gasteiger partial charge in [0.2, 0.25) is 0 Å². The highest BCUT2D eigenvalue weighted by Gasteiger charge is 2.50. The first-order valence-electron chi connectivity index (χ1n) is 7.08. The van der Waals surface area contributed by atoms with Gasteiger partial charge in [0.05, 0.1) is 13.2 Å². The van der Waals surface area contributed by atoms with Crippen LogP contribution < -0.4 is 0 Å². The minimum atomic E-state index is -1.74. The van der Waals surface area contributed by atoms with Gasteiger partial charge in [-0.25, -0.2) is 0 Å². The van der Waals surface area contributed by atoms with E-state index in [4.69, 9.17) is 19.3 Å². The predicted octanol–water partition coefficient (Wildman–Crippen LogP) is -5.40. The van der Waals surface area contributed by atoms with Crippen molar-refractivity contribution in [3.05, 3.63) is 0 Å². The van der Waals surface area contributed by atoms with Crippen LogP contribution in [0.2, 0.25) is 0 Å². The van der Waals surface area contributed by atoms with E-state index >= 15 is 0 Å². The van der Waals surface area contributed by atoms with Gasteiger partial charge in [0.15, 0.2) is 12.6 Å². The smallest absolute Gasteiger partial charge is 0.187 e. The number of aliphatic hydroxyl groups is 8. The summed E-state index contributed by atoms with van der Waals surface area (Å²) in [6.45, 7) is -1.35. The number of hydrogen-bond acceptors (Lipinski definition) is 11. The van der Waals surface area contributed by atoms with Crippen LogP contribution in [0.5, 0.6) is 0 Å². The molecule has 0 amide bonds. The zero-order chi connectivity index (χ0) is 17.3. The van der Waals surface area contributed by atoms with Gasteiger partial charge in [0.1, 0.15) is 48.8 Å². The van der Waals surface area contributed by atoms with E-state index in [1.807, 2.05) is 0 Å². The monoisotopic (exact) mass is 342 g/mol. The van der Waals surface area contributed by atoms with Crippen molar-refractivity contribution in [1.29, 1.82) is 0 Å². The molecule has 0 bridgehead atoms. The van der Waals surface area contributed by atoms with Gasteiger partial charge in [-0.1, -0.05) is 0 Å². The van der Waals surface area contributed by atoms with Crippen LogP contribution in [-0.4, -0.2) is 115 Å². The molecule has 2 heterocycles. The van der Waals surface area contributed by atoms with E-state index in [1.54, 1.807) is 0 Å². The molecule has 23 heavy (non-hydrogen) atoms. The van der Waals surface area contributed by atoms with E-state index in [1.165, 1.54) is 0 Å². The predicted molar refractivity (Wildman–Crippen MR) is 68.6 cm³/mol. The first kappa shape index (κ1) is 18.9. The number of ether oxygens (including phenoxy) is 3. The minimum absolute atomic E-state index is 0.667. The van der Waals surface area contributed by atoms with E-state index in [0.29, 0.717) is 0 Å². The fourth-order valence-corrected chi connectivity index (χ4v) is 2.57. The van der Waals surface area contributed by atoms with Gasteiger partial charge in [-0.3, -0.25) is 0 Å². The summed E-state index contributed by atoms with van der Waals surface area (Å²) >= 11 is 0. The summed E-state index contributed by atoms with van der Waals surface area (Å²) in [4.78, 5) is 0. The number of aliphatic hydroxyl groups excluding tert-OH is 8. The van der Waals surface area contributed by atoms with Gasteiger partial charge in [0, 0.05) is 0 Å². The van der Waals surface area contributed by atoms with Gasteiger partial charge in [-0.2, -0.15) is 0 Å². The highest BCUT2D eigenvalue weighted by atomic mass is 16.7. The Morgan fingerprint density at radius 1 is 0.652 bits per heavy atom. The maximum absolute atomic E-state index is 9.94. The summed E-state index contributed by atoms with van der Waals surface area (Å²) in [7, 11) is 0. The first-order chi connectivity index (χ1) is 10.8. The second-order valence-corrected chi connectivity index (χ2v) is 5.53. The zero-order valence-corrected chi connectivity index (χ0v) is 12.0. The summed E-state index contributed by atoms with van der Waals surface area (Å²) < 4.78 is 15.3. The SMILES string of the molecule is OC[C@@H]1O[C@@H](O)[C@H](O)[C@H](O)[C@H]1O[C@@H]1O[C@H](CO)[C@H](O)[C@@H](O)[C@@H]1O. The fraction of sp³-hybridized carbons (Fsp3) is 1.00. The standard InChI is InChI=1S/C12H22O11/c13-1-3-5(15)6(16)9(19)12(22-3)23-10-4(2-14)21-11(20)8(18)7(10)17/h3-20H,1-2H2/t3-,4+,5+,6-,7+,8-,9+,10+,11-,12+/m1/s1. The number of hydrogen-bond donors (Lipinski definition) is 8. The van der Waals surface area contributed by atoms with Crippen LogP contribution in [0.4, 0.5) is 0 Å². The molecular weight excluding hydrogens is 320 g/mol. The molecule has 2 rings (SSSR count). The Morgan fingerprint density at radius 3 is 1.83 bits per heavy atom. The Kier molecular flexibility index (Phi) is 6.27. The van der Waals surface area contributed by atoms with E-state index in [2.05, 4.69) is 0 Å². The molecule has 0 aromatic carbocycles. The van der Waals surface area contributed by atoms with Crippen molar-refractivity contribution in [3.63, 3.8) is 0 Å². The van der Waals surface area contributed by atoms with Crippen molar-refractivity contribution < 1.29 is 55.1 Å². The molecule has 11 heteroatoms. The zero-order valence-electron chi connectivity index (χ0n) is 12.0. The summed E-state index contributed by atoms with van der Waals surface area (Å²) in [6.07, 6.45) is -15.6. The quantitative estimate of drug-likeness (QED) is 0.243. The summed E-state index contributed by atoms with van der Waals surface area (Å²) in [6, 6.07) is 0. The molecule has 8 N–H and O–H groups in total. The molecule has 11 nitrogen and oxygen atoms in total. The van der Waals surface area contributed by atoms with E-state index in [-0.39, 0.29) is 0 Å². The Labute approximate surface area is 130 Å². The lowest BCUT2D eigenvalue weighted by Gasteiger charge is -2.45. The highest BCUT2D eigenvalue weighted by molar-refractivity contribution is 4.93. The van der Waals surface area contributed by atoms with Crippen LogP contribution in [-0.2, 0) is 14.2 Å². The minimum Gasteiger partial charge on any atom is -0.394 e. The molecule has 2 saturated heterocycles. The Bertz CT molecular complexity index is 378. The van der Waals surface area contributed by atoms with E-state index in [0.717, 1.165) is 0 Å². The van der Waals surface area contributed by atoms with Crippen LogP contribution in [0.25, 0.3) is 0 Å². The van der Waals surface area contributed by atoms with Gasteiger partial charge < -0.3 is 55.1 Å². The maximum Gasteiger partial charge on any atom is 0.187 e. The lowest BCUT2D eigenvalue weighted by molar-refractivity contribution is -0.355. The first-order valence-corrected chi connectivity index (χ1v) is 7.08. The van der Waals surface area contributed by atoms with Crippen LogP contribution in [0.1, 0.15) is 0 Å². The van der Waals surface area contributed by atoms with Crippen LogP contribution >= 0.6 is 0 Å². The third kappa shape index (κ3) is 3.65. The second kappa shape index (κ2) is 7.63. The highest BCUT2D eigenvalue weighted by Crippen LogP contribution is 2.28. The maximum atomic E-state index is 9.94. The molecule has 2 aliphatic heterocycles. The van der Waals surface area contributed by atoms with Crippen molar-refractivity contribution in [3.8, 4) is 0 Å². The Hall–Kier alpha value is -0.440. The van der Waals surface area contributed by atoms with Crippen molar-refractivity contribution in [1.82, 2.24) is 0 Å². The molecule has 2 aliphatic rings. The van der Waals surface area contributed by atoms with Crippen molar-refractivity contribution >= 4 is 0 Å². The lowest BCUT2D eigenvalue weighted by Crippen LogP contribution is -2.64. The lowest BCUT2D eigenvalue weighted by atomic mass is 9.97. The second-order valence-electron chi connectivity index (χ2n) is 5.53. The van der Waals surface area contributed by atoms with Crippen LogP contribution in [0.15, 0.2) is 0 Å². The molecule has 0 radical (unpaired) electrons. The fourth-order valence-electron chi connectivity index (χ4n) is 2.57. The van der Waals surface area contributed by atoms with Crippen molar-refractivity contribution in [2.45, 2.75) is 61.4 Å². The van der Waals surface area contributed by atoms with Crippen LogP contribution in [0, 0.1) is 0 Å². The van der Waals surface area contributed by atoms with Crippen molar-refractivity contribution in [2.75, 3.05) is 13.2 Å². The average molecular weight is 342 g/mol. The molecule has 0 aromatic heterocycles. The summed E-state index contributed by atoms with van der Waals surface area (Å²) in [5, 5.41) is 76.5.